The molecule has 2 N–H and O–H groups in total. The molecule has 0 unspecified atom stereocenters. The van der Waals surface area contributed by atoms with Crippen molar-refractivity contribution < 1.29 is 0 Å². The smallest absolute Gasteiger partial charge is 0.254 e. The summed E-state index contributed by atoms with van der Waals surface area (Å²) in [6, 6.07) is 9.94. The minimum atomic E-state index is 0.615. The highest BCUT2D eigenvalue weighted by Crippen LogP contribution is 2.20. The van der Waals surface area contributed by atoms with E-state index in [1.807, 2.05) is 37.3 Å². The number of fused-ring (bicyclic) bond motifs is 1. The summed E-state index contributed by atoms with van der Waals surface area (Å²) in [5.41, 5.74) is 8.87. The Hall–Kier alpha value is -2.63. The van der Waals surface area contributed by atoms with Crippen LogP contribution in [0.3, 0.4) is 0 Å². The summed E-state index contributed by atoms with van der Waals surface area (Å²) >= 11 is 0. The molecule has 6 heteroatoms. The lowest BCUT2D eigenvalue weighted by molar-refractivity contribution is 0.774. The maximum Gasteiger partial charge on any atom is 0.254 e. The third-order valence-corrected chi connectivity index (χ3v) is 3.48. The van der Waals surface area contributed by atoms with Crippen LogP contribution in [-0.4, -0.2) is 26.1 Å². The predicted molar refractivity (Wildman–Crippen MR) is 83.1 cm³/mol. The van der Waals surface area contributed by atoms with Gasteiger partial charge in [0.2, 0.25) is 0 Å². The third kappa shape index (κ3) is 2.52. The first-order valence-corrected chi connectivity index (χ1v) is 6.94. The first-order valence-electron chi connectivity index (χ1n) is 6.94. The Morgan fingerprint density at radius 1 is 1.29 bits per heavy atom. The molecule has 2 heterocycles. The molecule has 0 saturated heterocycles. The quantitative estimate of drug-likeness (QED) is 0.741. The Balaban J connectivity index is 2.02. The second-order valence-corrected chi connectivity index (χ2v) is 4.94. The zero-order valence-electron chi connectivity index (χ0n) is 12.2. The average Bonchev–Trinajstić information content (AvgIpc) is 2.94. The van der Waals surface area contributed by atoms with Crippen LogP contribution in [0.5, 0.6) is 0 Å². The van der Waals surface area contributed by atoms with Crippen molar-refractivity contribution in [3.05, 3.63) is 47.9 Å². The van der Waals surface area contributed by atoms with Gasteiger partial charge in [-0.1, -0.05) is 18.2 Å². The van der Waals surface area contributed by atoms with Crippen molar-refractivity contribution in [3.63, 3.8) is 0 Å². The van der Waals surface area contributed by atoms with Crippen molar-refractivity contribution >= 4 is 17.3 Å². The molecule has 0 amide bonds. The van der Waals surface area contributed by atoms with E-state index in [0.717, 1.165) is 35.9 Å². The molecule has 3 rings (SSSR count). The van der Waals surface area contributed by atoms with Gasteiger partial charge in [0.25, 0.3) is 5.78 Å². The minimum Gasteiger partial charge on any atom is -0.398 e. The minimum absolute atomic E-state index is 0.615. The first-order chi connectivity index (χ1) is 10.2. The van der Waals surface area contributed by atoms with E-state index in [1.165, 1.54) is 6.33 Å². The molecular weight excluding hydrogens is 264 g/mol. The number of aryl methyl sites for hydroxylation is 1. The molecule has 0 bridgehead atoms. The van der Waals surface area contributed by atoms with E-state index in [0.29, 0.717) is 5.78 Å². The number of nitrogen functional groups attached to an aromatic ring is 1. The number of hydrogen-bond acceptors (Lipinski definition) is 5. The Morgan fingerprint density at radius 2 is 2.10 bits per heavy atom. The Morgan fingerprint density at radius 3 is 2.86 bits per heavy atom. The van der Waals surface area contributed by atoms with Crippen molar-refractivity contribution in [1.82, 2.24) is 19.6 Å². The lowest BCUT2D eigenvalue weighted by atomic mass is 10.1. The van der Waals surface area contributed by atoms with E-state index in [9.17, 15) is 0 Å². The summed E-state index contributed by atoms with van der Waals surface area (Å²) in [5, 5.41) is 4.26. The van der Waals surface area contributed by atoms with E-state index in [1.54, 1.807) is 4.52 Å². The van der Waals surface area contributed by atoms with E-state index in [2.05, 4.69) is 26.9 Å². The fraction of sp³-hybridized carbons (Fsp3) is 0.267. The summed E-state index contributed by atoms with van der Waals surface area (Å²) in [5.74, 6) is 1.59. The lowest BCUT2D eigenvalue weighted by Gasteiger charge is -2.24. The number of hydrogen-bond donors (Lipinski definition) is 1. The van der Waals surface area contributed by atoms with Gasteiger partial charge >= 0.3 is 0 Å². The Bertz CT molecular complexity index is 764. The summed E-state index contributed by atoms with van der Waals surface area (Å²) in [6.45, 7) is 5.63. The van der Waals surface area contributed by atoms with Crippen molar-refractivity contribution in [3.8, 4) is 0 Å². The van der Waals surface area contributed by atoms with Crippen LogP contribution in [0.15, 0.2) is 36.7 Å². The fourth-order valence-electron chi connectivity index (χ4n) is 2.38. The van der Waals surface area contributed by atoms with Crippen LogP contribution in [0.1, 0.15) is 18.2 Å². The zero-order chi connectivity index (χ0) is 14.8. The molecular formula is C15H18N6. The molecule has 3 aromatic rings. The number of rotatable bonds is 4. The normalized spacial score (nSPS) is 11.0. The van der Waals surface area contributed by atoms with Crippen LogP contribution in [0, 0.1) is 6.92 Å². The van der Waals surface area contributed by atoms with Gasteiger partial charge < -0.3 is 10.6 Å². The molecule has 0 aliphatic rings. The molecule has 0 radical (unpaired) electrons. The van der Waals surface area contributed by atoms with Crippen LogP contribution in [0.2, 0.25) is 0 Å². The standard InChI is InChI=1S/C15H18N6/c1-3-20(9-12-6-4-5-7-13(12)16)14-8-11(2)19-15-17-10-18-21(14)15/h4-8,10H,3,9,16H2,1-2H3. The van der Waals surface area contributed by atoms with Crippen LogP contribution < -0.4 is 10.6 Å². The molecule has 0 saturated carbocycles. The fourth-order valence-corrected chi connectivity index (χ4v) is 2.38. The van der Waals surface area contributed by atoms with E-state index in [-0.39, 0.29) is 0 Å². The molecule has 21 heavy (non-hydrogen) atoms. The van der Waals surface area contributed by atoms with Crippen molar-refractivity contribution in [2.45, 2.75) is 20.4 Å². The molecule has 0 aliphatic carbocycles. The molecule has 108 valence electrons. The number of para-hydroxylation sites is 1. The van der Waals surface area contributed by atoms with Gasteiger partial charge in [-0.3, -0.25) is 0 Å². The maximum atomic E-state index is 6.05. The van der Waals surface area contributed by atoms with Gasteiger partial charge in [-0.05, 0) is 25.5 Å². The highest BCUT2D eigenvalue weighted by molar-refractivity contribution is 5.52. The van der Waals surface area contributed by atoms with E-state index >= 15 is 0 Å². The van der Waals surface area contributed by atoms with Crippen molar-refractivity contribution in [2.75, 3.05) is 17.2 Å². The number of benzene rings is 1. The van der Waals surface area contributed by atoms with Crippen LogP contribution in [0.25, 0.3) is 5.78 Å². The van der Waals surface area contributed by atoms with Gasteiger partial charge in [-0.15, -0.1) is 0 Å². The third-order valence-electron chi connectivity index (χ3n) is 3.48. The van der Waals surface area contributed by atoms with E-state index < -0.39 is 0 Å². The number of nitrogens with zero attached hydrogens (tertiary/aromatic N) is 5. The van der Waals surface area contributed by atoms with Gasteiger partial charge in [0.05, 0.1) is 0 Å². The highest BCUT2D eigenvalue weighted by Gasteiger charge is 2.13. The molecule has 0 atom stereocenters. The summed E-state index contributed by atoms with van der Waals surface area (Å²) in [4.78, 5) is 10.8. The predicted octanol–water partition coefficient (Wildman–Crippen LogP) is 2.04. The molecule has 0 aliphatic heterocycles. The summed E-state index contributed by atoms with van der Waals surface area (Å²) in [7, 11) is 0. The largest absolute Gasteiger partial charge is 0.398 e. The molecule has 0 spiro atoms. The van der Waals surface area contributed by atoms with E-state index in [4.69, 9.17) is 5.73 Å². The van der Waals surface area contributed by atoms with Crippen molar-refractivity contribution in [2.24, 2.45) is 0 Å². The van der Waals surface area contributed by atoms with Crippen LogP contribution in [0.4, 0.5) is 11.5 Å². The lowest BCUT2D eigenvalue weighted by Crippen LogP contribution is -2.25. The highest BCUT2D eigenvalue weighted by atomic mass is 15.4. The van der Waals surface area contributed by atoms with Crippen molar-refractivity contribution in [1.29, 1.82) is 0 Å². The topological polar surface area (TPSA) is 72.3 Å². The number of anilines is 2. The first kappa shape index (κ1) is 13.4. The molecule has 0 fully saturated rings. The van der Waals surface area contributed by atoms with Gasteiger partial charge in [-0.25, -0.2) is 4.98 Å². The maximum absolute atomic E-state index is 6.05. The van der Waals surface area contributed by atoms with Crippen LogP contribution in [-0.2, 0) is 6.54 Å². The zero-order valence-corrected chi connectivity index (χ0v) is 12.2. The Labute approximate surface area is 123 Å². The number of aromatic nitrogens is 4. The summed E-state index contributed by atoms with van der Waals surface area (Å²) < 4.78 is 1.76. The Kier molecular flexibility index (Phi) is 3.43. The molecule has 2 aromatic heterocycles. The monoisotopic (exact) mass is 282 g/mol. The second kappa shape index (κ2) is 5.40. The van der Waals surface area contributed by atoms with Crippen LogP contribution >= 0.6 is 0 Å². The second-order valence-electron chi connectivity index (χ2n) is 4.94. The van der Waals surface area contributed by atoms with Gasteiger partial charge in [0, 0.05) is 30.5 Å². The SMILES string of the molecule is CCN(Cc1ccccc1N)c1cc(C)nc2ncnn12. The van der Waals surface area contributed by atoms with Gasteiger partial charge in [0.15, 0.2) is 0 Å². The number of nitrogens with two attached hydrogens (primary N) is 1. The average molecular weight is 282 g/mol. The molecule has 6 nitrogen and oxygen atoms in total. The summed E-state index contributed by atoms with van der Waals surface area (Å²) in [6.07, 6.45) is 1.52. The van der Waals surface area contributed by atoms with Gasteiger partial charge in [-0.2, -0.15) is 14.6 Å². The van der Waals surface area contributed by atoms with Gasteiger partial charge in [0.1, 0.15) is 12.1 Å². The molecule has 1 aromatic carbocycles.